The number of nitrogens with zero attached hydrogens (tertiary/aromatic N) is 2. The molecule has 0 saturated heterocycles. The Morgan fingerprint density at radius 3 is 2.72 bits per heavy atom. The van der Waals surface area contributed by atoms with Crippen molar-refractivity contribution >= 4 is 22.5 Å². The van der Waals surface area contributed by atoms with E-state index in [1.54, 1.807) is 6.20 Å². The minimum atomic E-state index is -0.153. The molecule has 0 unspecified atom stereocenters. The Morgan fingerprint density at radius 2 is 1.86 bits per heavy atom. The number of carbonyl (C=O) groups is 1. The van der Waals surface area contributed by atoms with E-state index in [2.05, 4.69) is 44.5 Å². The third-order valence-electron chi connectivity index (χ3n) is 5.03. The summed E-state index contributed by atoms with van der Waals surface area (Å²) in [6, 6.07) is 22.2. The zero-order valence-electron chi connectivity index (χ0n) is 16.4. The lowest BCUT2D eigenvalue weighted by atomic mass is 10.1. The maximum absolute atomic E-state index is 12.6. The van der Waals surface area contributed by atoms with E-state index in [9.17, 15) is 4.79 Å². The zero-order chi connectivity index (χ0) is 20.1. The van der Waals surface area contributed by atoms with Gasteiger partial charge in [0.2, 0.25) is 0 Å². The van der Waals surface area contributed by atoms with Crippen molar-refractivity contribution in [2.75, 3.05) is 18.5 Å². The number of hydrogen-bond acceptors (Lipinski definition) is 3. The molecule has 2 aromatic carbocycles. The van der Waals surface area contributed by atoms with Crippen molar-refractivity contribution in [1.29, 1.82) is 0 Å². The summed E-state index contributed by atoms with van der Waals surface area (Å²) < 4.78 is 0. The molecule has 2 heterocycles. The van der Waals surface area contributed by atoms with E-state index in [1.807, 2.05) is 55.7 Å². The first-order valence-electron chi connectivity index (χ1n) is 9.75. The van der Waals surface area contributed by atoms with Crippen molar-refractivity contribution in [3.05, 3.63) is 95.9 Å². The van der Waals surface area contributed by atoms with Gasteiger partial charge in [0.25, 0.3) is 5.91 Å². The summed E-state index contributed by atoms with van der Waals surface area (Å²) in [4.78, 5) is 22.2. The fourth-order valence-corrected chi connectivity index (χ4v) is 3.47. The van der Waals surface area contributed by atoms with Crippen LogP contribution in [0.25, 0.3) is 10.9 Å². The van der Waals surface area contributed by atoms with Crippen LogP contribution >= 0.6 is 0 Å². The minimum absolute atomic E-state index is 0.153. The second-order valence-electron chi connectivity index (χ2n) is 7.11. The molecule has 2 N–H and O–H groups in total. The maximum Gasteiger partial charge on any atom is 0.269 e. The Hall–Kier alpha value is -3.60. The SMILES string of the molecule is CN(Cc1ccccc1)c1ccnc(C(=O)NCCc2c[nH]c3ccccc23)c1. The average molecular weight is 384 g/mol. The van der Waals surface area contributed by atoms with Crippen LogP contribution in [0.4, 0.5) is 5.69 Å². The average Bonchev–Trinajstić information content (AvgIpc) is 3.18. The Morgan fingerprint density at radius 1 is 1.07 bits per heavy atom. The smallest absolute Gasteiger partial charge is 0.269 e. The molecule has 5 heteroatoms. The molecule has 4 rings (SSSR count). The van der Waals surface area contributed by atoms with Gasteiger partial charge in [-0.25, -0.2) is 0 Å². The maximum atomic E-state index is 12.6. The number of fused-ring (bicyclic) bond motifs is 1. The Labute approximate surface area is 170 Å². The summed E-state index contributed by atoms with van der Waals surface area (Å²) in [6.45, 7) is 1.33. The monoisotopic (exact) mass is 384 g/mol. The van der Waals surface area contributed by atoms with Gasteiger partial charge in [-0.05, 0) is 35.7 Å². The van der Waals surface area contributed by atoms with E-state index in [1.165, 1.54) is 16.5 Å². The van der Waals surface area contributed by atoms with Gasteiger partial charge >= 0.3 is 0 Å². The van der Waals surface area contributed by atoms with Gasteiger partial charge < -0.3 is 15.2 Å². The number of aromatic amines is 1. The largest absolute Gasteiger partial charge is 0.370 e. The topological polar surface area (TPSA) is 61.0 Å². The lowest BCUT2D eigenvalue weighted by Gasteiger charge is -2.19. The fourth-order valence-electron chi connectivity index (χ4n) is 3.47. The zero-order valence-corrected chi connectivity index (χ0v) is 16.4. The molecule has 0 saturated carbocycles. The number of H-pyrrole nitrogens is 1. The quantitative estimate of drug-likeness (QED) is 0.503. The van der Waals surface area contributed by atoms with Crippen LogP contribution in [0.1, 0.15) is 21.6 Å². The van der Waals surface area contributed by atoms with Gasteiger partial charge in [0.1, 0.15) is 5.69 Å². The molecule has 0 aliphatic heterocycles. The highest BCUT2D eigenvalue weighted by atomic mass is 16.1. The molecule has 1 amide bonds. The van der Waals surface area contributed by atoms with Crippen LogP contribution in [0.3, 0.4) is 0 Å². The van der Waals surface area contributed by atoms with Crippen LogP contribution in [0.2, 0.25) is 0 Å². The summed E-state index contributed by atoms with van der Waals surface area (Å²) in [5.41, 5.74) is 4.93. The van der Waals surface area contributed by atoms with Crippen molar-refractivity contribution in [3.8, 4) is 0 Å². The summed E-state index contributed by atoms with van der Waals surface area (Å²) in [7, 11) is 2.01. The highest BCUT2D eigenvalue weighted by Crippen LogP contribution is 2.18. The van der Waals surface area contributed by atoms with E-state index in [-0.39, 0.29) is 5.91 Å². The Kier molecular flexibility index (Phi) is 5.56. The Balaban J connectivity index is 1.37. The van der Waals surface area contributed by atoms with Crippen LogP contribution in [0.15, 0.2) is 79.1 Å². The number of anilines is 1. The molecular weight excluding hydrogens is 360 g/mol. The van der Waals surface area contributed by atoms with E-state index in [0.29, 0.717) is 12.2 Å². The first-order chi connectivity index (χ1) is 14.2. The van der Waals surface area contributed by atoms with E-state index in [4.69, 9.17) is 0 Å². The van der Waals surface area contributed by atoms with Crippen LogP contribution in [-0.4, -0.2) is 29.5 Å². The minimum Gasteiger partial charge on any atom is -0.370 e. The van der Waals surface area contributed by atoms with Gasteiger partial charge in [-0.1, -0.05) is 48.5 Å². The van der Waals surface area contributed by atoms with Crippen LogP contribution in [-0.2, 0) is 13.0 Å². The number of rotatable bonds is 7. The second kappa shape index (κ2) is 8.61. The number of para-hydroxylation sites is 1. The molecule has 4 aromatic rings. The number of nitrogens with one attached hydrogen (secondary N) is 2. The first-order valence-corrected chi connectivity index (χ1v) is 9.75. The lowest BCUT2D eigenvalue weighted by molar-refractivity contribution is 0.0949. The molecule has 0 atom stereocenters. The first kappa shape index (κ1) is 18.7. The number of hydrogen-bond donors (Lipinski definition) is 2. The predicted molar refractivity (Wildman–Crippen MR) is 117 cm³/mol. The molecule has 0 aliphatic carbocycles. The molecule has 5 nitrogen and oxygen atoms in total. The number of pyridine rings is 1. The molecule has 0 spiro atoms. The Bertz CT molecular complexity index is 1100. The van der Waals surface area contributed by atoms with Gasteiger partial charge in [0.15, 0.2) is 0 Å². The standard InChI is InChI=1S/C24H24N4O/c1-28(17-18-7-3-2-4-8-18)20-12-14-25-23(15-20)24(29)26-13-11-19-16-27-22-10-6-5-9-21(19)22/h2-10,12,14-16,27H,11,13,17H2,1H3,(H,26,29). The van der Waals surface area contributed by atoms with Crippen molar-refractivity contribution in [3.63, 3.8) is 0 Å². The van der Waals surface area contributed by atoms with Crippen LogP contribution in [0.5, 0.6) is 0 Å². The molecule has 0 bridgehead atoms. The van der Waals surface area contributed by atoms with E-state index < -0.39 is 0 Å². The summed E-state index contributed by atoms with van der Waals surface area (Å²) in [5.74, 6) is -0.153. The number of aromatic nitrogens is 2. The van der Waals surface area contributed by atoms with Crippen molar-refractivity contribution in [2.45, 2.75) is 13.0 Å². The third kappa shape index (κ3) is 4.46. The molecule has 2 aromatic heterocycles. The second-order valence-corrected chi connectivity index (χ2v) is 7.11. The highest BCUT2D eigenvalue weighted by molar-refractivity contribution is 5.93. The van der Waals surface area contributed by atoms with Gasteiger partial charge in [-0.3, -0.25) is 9.78 Å². The molecule has 0 fully saturated rings. The molecule has 146 valence electrons. The molecule has 29 heavy (non-hydrogen) atoms. The third-order valence-corrected chi connectivity index (χ3v) is 5.03. The highest BCUT2D eigenvalue weighted by Gasteiger charge is 2.10. The normalized spacial score (nSPS) is 10.8. The van der Waals surface area contributed by atoms with Crippen molar-refractivity contribution in [1.82, 2.24) is 15.3 Å². The van der Waals surface area contributed by atoms with Gasteiger partial charge in [-0.15, -0.1) is 0 Å². The van der Waals surface area contributed by atoms with Gasteiger partial charge in [0.05, 0.1) is 0 Å². The predicted octanol–water partition coefficient (Wildman–Crippen LogP) is 4.17. The number of benzene rings is 2. The lowest BCUT2D eigenvalue weighted by Crippen LogP contribution is -2.27. The molecule has 0 aliphatic rings. The summed E-state index contributed by atoms with van der Waals surface area (Å²) >= 11 is 0. The number of amides is 1. The van der Waals surface area contributed by atoms with E-state index >= 15 is 0 Å². The van der Waals surface area contributed by atoms with Gasteiger partial charge in [-0.2, -0.15) is 0 Å². The summed E-state index contributed by atoms with van der Waals surface area (Å²) in [5, 5.41) is 4.18. The van der Waals surface area contributed by atoms with Gasteiger partial charge in [0, 0.05) is 49.1 Å². The van der Waals surface area contributed by atoms with E-state index in [0.717, 1.165) is 24.2 Å². The molecule has 0 radical (unpaired) electrons. The fraction of sp³-hybridized carbons (Fsp3) is 0.167. The summed E-state index contributed by atoms with van der Waals surface area (Å²) in [6.07, 6.45) is 4.46. The van der Waals surface area contributed by atoms with Crippen molar-refractivity contribution in [2.24, 2.45) is 0 Å². The van der Waals surface area contributed by atoms with Crippen LogP contribution in [0, 0.1) is 0 Å². The van der Waals surface area contributed by atoms with Crippen molar-refractivity contribution < 1.29 is 4.79 Å². The molecular formula is C24H24N4O. The van der Waals surface area contributed by atoms with Crippen LogP contribution < -0.4 is 10.2 Å². The number of carbonyl (C=O) groups excluding carboxylic acids is 1.